The van der Waals surface area contributed by atoms with Gasteiger partial charge in [0.25, 0.3) is 5.91 Å². The van der Waals surface area contributed by atoms with Gasteiger partial charge in [0.1, 0.15) is 0 Å². The van der Waals surface area contributed by atoms with Gasteiger partial charge in [0, 0.05) is 11.6 Å². The lowest BCUT2D eigenvalue weighted by Gasteiger charge is -2.13. The van der Waals surface area contributed by atoms with Crippen LogP contribution in [-0.2, 0) is 4.79 Å². The molecule has 1 fully saturated rings. The fourth-order valence-electron chi connectivity index (χ4n) is 2.70. The van der Waals surface area contributed by atoms with Crippen LogP contribution in [0.3, 0.4) is 0 Å². The lowest BCUT2D eigenvalue weighted by molar-refractivity contribution is -0.141. The van der Waals surface area contributed by atoms with Crippen LogP contribution in [0.15, 0.2) is 12.1 Å². The molecule has 1 aromatic rings. The average Bonchev–Trinajstić information content (AvgIpc) is 3.07. The highest BCUT2D eigenvalue weighted by molar-refractivity contribution is 6.32. The molecule has 1 aliphatic heterocycles. The van der Waals surface area contributed by atoms with E-state index in [2.05, 4.69) is 5.32 Å². The van der Waals surface area contributed by atoms with E-state index in [1.165, 1.54) is 6.07 Å². The second kappa shape index (κ2) is 5.44. The molecule has 0 aromatic heterocycles. The molecule has 0 saturated heterocycles. The SMILES string of the molecule is O=C(NC1CCC(C(=O)O)C1)c1cc(Cl)c2c(c1)OCO2. The largest absolute Gasteiger partial charge is 0.481 e. The quantitative estimate of drug-likeness (QED) is 0.892. The van der Waals surface area contributed by atoms with Crippen molar-refractivity contribution >= 4 is 23.5 Å². The fraction of sp³-hybridized carbons (Fsp3) is 0.429. The minimum absolute atomic E-state index is 0.0864. The molecule has 0 spiro atoms. The number of hydrogen-bond acceptors (Lipinski definition) is 4. The third kappa shape index (κ3) is 2.76. The Morgan fingerprint density at radius 3 is 2.81 bits per heavy atom. The van der Waals surface area contributed by atoms with E-state index in [1.807, 2.05) is 0 Å². The maximum absolute atomic E-state index is 12.2. The van der Waals surface area contributed by atoms with Gasteiger partial charge in [0.15, 0.2) is 11.5 Å². The maximum Gasteiger partial charge on any atom is 0.306 e. The molecule has 2 unspecified atom stereocenters. The first-order chi connectivity index (χ1) is 10.0. The van der Waals surface area contributed by atoms with E-state index in [-0.39, 0.29) is 24.7 Å². The number of halogens is 1. The highest BCUT2D eigenvalue weighted by Crippen LogP contribution is 2.39. The Morgan fingerprint density at radius 1 is 1.29 bits per heavy atom. The maximum atomic E-state index is 12.2. The Labute approximate surface area is 126 Å². The van der Waals surface area contributed by atoms with Gasteiger partial charge in [0.2, 0.25) is 6.79 Å². The van der Waals surface area contributed by atoms with Crippen LogP contribution in [-0.4, -0.2) is 29.8 Å². The molecule has 2 atom stereocenters. The van der Waals surface area contributed by atoms with E-state index in [0.29, 0.717) is 41.3 Å². The van der Waals surface area contributed by atoms with E-state index in [9.17, 15) is 9.59 Å². The van der Waals surface area contributed by atoms with Gasteiger partial charge < -0.3 is 19.9 Å². The van der Waals surface area contributed by atoms with E-state index < -0.39 is 5.97 Å². The molecule has 1 aromatic carbocycles. The van der Waals surface area contributed by atoms with Crippen molar-refractivity contribution in [2.75, 3.05) is 6.79 Å². The number of rotatable bonds is 3. The summed E-state index contributed by atoms with van der Waals surface area (Å²) in [5.74, 6) is -0.581. The second-order valence-electron chi connectivity index (χ2n) is 5.21. The van der Waals surface area contributed by atoms with Gasteiger partial charge in [-0.2, -0.15) is 0 Å². The average molecular weight is 312 g/mol. The first-order valence-electron chi connectivity index (χ1n) is 6.67. The molecule has 112 valence electrons. The standard InChI is InChI=1S/C14H14ClNO5/c15-10-4-8(5-11-12(10)21-6-20-11)13(17)16-9-2-1-7(3-9)14(18)19/h4-5,7,9H,1-3,6H2,(H,16,17)(H,18,19). The van der Waals surface area contributed by atoms with Crippen molar-refractivity contribution < 1.29 is 24.2 Å². The van der Waals surface area contributed by atoms with Crippen LogP contribution < -0.4 is 14.8 Å². The van der Waals surface area contributed by atoms with Crippen LogP contribution in [0.4, 0.5) is 0 Å². The minimum Gasteiger partial charge on any atom is -0.481 e. The Morgan fingerprint density at radius 2 is 2.10 bits per heavy atom. The molecule has 3 rings (SSSR count). The normalized spacial score (nSPS) is 23.1. The van der Waals surface area contributed by atoms with E-state index in [4.69, 9.17) is 26.2 Å². The third-order valence-electron chi connectivity index (χ3n) is 3.81. The van der Waals surface area contributed by atoms with Crippen LogP contribution in [0.2, 0.25) is 5.02 Å². The fourth-order valence-corrected chi connectivity index (χ4v) is 2.97. The molecule has 0 bridgehead atoms. The van der Waals surface area contributed by atoms with Gasteiger partial charge in [0.05, 0.1) is 10.9 Å². The first-order valence-corrected chi connectivity index (χ1v) is 7.05. The van der Waals surface area contributed by atoms with E-state index >= 15 is 0 Å². The smallest absolute Gasteiger partial charge is 0.306 e. The Balaban J connectivity index is 1.69. The topological polar surface area (TPSA) is 84.9 Å². The minimum atomic E-state index is -0.808. The number of carboxylic acid groups (broad SMARTS) is 1. The zero-order chi connectivity index (χ0) is 15.0. The van der Waals surface area contributed by atoms with Crippen LogP contribution in [0, 0.1) is 5.92 Å². The van der Waals surface area contributed by atoms with Crippen molar-refractivity contribution in [3.8, 4) is 11.5 Å². The van der Waals surface area contributed by atoms with Crippen molar-refractivity contribution in [1.29, 1.82) is 0 Å². The molecular weight excluding hydrogens is 298 g/mol. The lowest BCUT2D eigenvalue weighted by atomic mass is 10.1. The van der Waals surface area contributed by atoms with Gasteiger partial charge >= 0.3 is 5.97 Å². The number of carboxylic acids is 1. The Hall–Kier alpha value is -1.95. The predicted molar refractivity (Wildman–Crippen MR) is 73.8 cm³/mol. The molecule has 6 nitrogen and oxygen atoms in total. The summed E-state index contributed by atoms with van der Waals surface area (Å²) in [6.45, 7) is 0.0864. The van der Waals surface area contributed by atoms with E-state index in [0.717, 1.165) is 0 Å². The summed E-state index contributed by atoms with van der Waals surface area (Å²) >= 11 is 6.04. The molecule has 1 amide bonds. The molecule has 0 radical (unpaired) electrons. The summed E-state index contributed by atoms with van der Waals surface area (Å²) in [6, 6.07) is 2.98. The number of ether oxygens (including phenoxy) is 2. The van der Waals surface area contributed by atoms with Crippen molar-refractivity contribution in [2.45, 2.75) is 25.3 Å². The highest BCUT2D eigenvalue weighted by Gasteiger charge is 2.31. The van der Waals surface area contributed by atoms with Crippen molar-refractivity contribution in [2.24, 2.45) is 5.92 Å². The van der Waals surface area contributed by atoms with Gasteiger partial charge in [-0.1, -0.05) is 11.6 Å². The van der Waals surface area contributed by atoms with E-state index in [1.54, 1.807) is 6.07 Å². The molecule has 7 heteroatoms. The summed E-state index contributed by atoms with van der Waals surface area (Å²) in [5.41, 5.74) is 0.378. The van der Waals surface area contributed by atoms with Crippen molar-refractivity contribution in [3.05, 3.63) is 22.7 Å². The molecule has 21 heavy (non-hydrogen) atoms. The van der Waals surface area contributed by atoms with Crippen LogP contribution in [0.1, 0.15) is 29.6 Å². The number of hydrogen-bond donors (Lipinski definition) is 2. The van der Waals surface area contributed by atoms with Gasteiger partial charge in [-0.25, -0.2) is 0 Å². The van der Waals surface area contributed by atoms with Gasteiger partial charge in [-0.3, -0.25) is 9.59 Å². The summed E-state index contributed by atoms with van der Waals surface area (Å²) in [7, 11) is 0. The van der Waals surface area contributed by atoms with Gasteiger partial charge in [-0.05, 0) is 31.4 Å². The summed E-state index contributed by atoms with van der Waals surface area (Å²) < 4.78 is 10.4. The number of carbonyl (C=O) groups excluding carboxylic acids is 1. The highest BCUT2D eigenvalue weighted by atomic mass is 35.5. The van der Waals surface area contributed by atoms with Crippen LogP contribution in [0.5, 0.6) is 11.5 Å². The second-order valence-corrected chi connectivity index (χ2v) is 5.62. The Kier molecular flexibility index (Phi) is 3.63. The van der Waals surface area contributed by atoms with Gasteiger partial charge in [-0.15, -0.1) is 0 Å². The number of amides is 1. The molecule has 1 heterocycles. The molecule has 1 saturated carbocycles. The molecular formula is C14H14ClNO5. The number of nitrogens with one attached hydrogen (secondary N) is 1. The predicted octanol–water partition coefficient (Wildman–Crippen LogP) is 2.05. The lowest BCUT2D eigenvalue weighted by Crippen LogP contribution is -2.33. The monoisotopic (exact) mass is 311 g/mol. The number of benzene rings is 1. The molecule has 2 N–H and O–H groups in total. The summed E-state index contributed by atoms with van der Waals surface area (Å²) in [4.78, 5) is 23.1. The Bertz CT molecular complexity index is 603. The molecule has 2 aliphatic rings. The van der Waals surface area contributed by atoms with Crippen molar-refractivity contribution in [1.82, 2.24) is 5.32 Å². The van der Waals surface area contributed by atoms with Crippen LogP contribution in [0.25, 0.3) is 0 Å². The zero-order valence-corrected chi connectivity index (χ0v) is 11.9. The number of fused-ring (bicyclic) bond motifs is 1. The summed E-state index contributed by atoms with van der Waals surface area (Å²) in [5, 5.41) is 12.1. The number of aliphatic carboxylic acids is 1. The number of carbonyl (C=O) groups is 2. The third-order valence-corrected chi connectivity index (χ3v) is 4.09. The first kappa shape index (κ1) is 14.0. The molecule has 1 aliphatic carbocycles. The zero-order valence-electron chi connectivity index (χ0n) is 11.1. The van der Waals surface area contributed by atoms with Crippen LogP contribution >= 0.6 is 11.6 Å². The van der Waals surface area contributed by atoms with Crippen molar-refractivity contribution in [3.63, 3.8) is 0 Å². The summed E-state index contributed by atoms with van der Waals surface area (Å²) in [6.07, 6.45) is 1.71.